The van der Waals surface area contributed by atoms with Crippen LogP contribution in [0.3, 0.4) is 0 Å². The van der Waals surface area contributed by atoms with Crippen molar-refractivity contribution in [1.82, 2.24) is 0 Å². The molecule has 0 N–H and O–H groups in total. The SMILES string of the molecule is CCCC1COC(C2COC(c3ccc(C#N)c(F)c3)OC2)OC1. The van der Waals surface area contributed by atoms with Gasteiger partial charge in [0, 0.05) is 11.5 Å². The van der Waals surface area contributed by atoms with Gasteiger partial charge in [-0.1, -0.05) is 19.4 Å². The lowest BCUT2D eigenvalue weighted by molar-refractivity contribution is -0.283. The molecule has 0 bridgehead atoms. The third kappa shape index (κ3) is 3.93. The average Bonchev–Trinajstić information content (AvgIpc) is 2.63. The smallest absolute Gasteiger partial charge is 0.183 e. The molecule has 1 aromatic carbocycles. The fourth-order valence-corrected chi connectivity index (χ4v) is 3.04. The Morgan fingerprint density at radius 1 is 1.12 bits per heavy atom. The largest absolute Gasteiger partial charge is 0.352 e. The van der Waals surface area contributed by atoms with Crippen molar-refractivity contribution in [2.75, 3.05) is 26.4 Å². The van der Waals surface area contributed by atoms with E-state index in [-0.39, 0.29) is 17.8 Å². The molecule has 0 saturated carbocycles. The topological polar surface area (TPSA) is 60.7 Å². The van der Waals surface area contributed by atoms with E-state index >= 15 is 0 Å². The van der Waals surface area contributed by atoms with Crippen molar-refractivity contribution < 1.29 is 23.3 Å². The number of rotatable bonds is 4. The van der Waals surface area contributed by atoms with E-state index in [0.717, 1.165) is 12.8 Å². The molecule has 0 aliphatic carbocycles. The summed E-state index contributed by atoms with van der Waals surface area (Å²) < 4.78 is 36.7. The van der Waals surface area contributed by atoms with Crippen LogP contribution in [0.1, 0.15) is 37.2 Å². The summed E-state index contributed by atoms with van der Waals surface area (Å²) in [6.45, 7) is 4.42. The van der Waals surface area contributed by atoms with Crippen LogP contribution in [0, 0.1) is 29.0 Å². The molecule has 0 amide bonds. The first-order valence-electron chi connectivity index (χ1n) is 8.37. The van der Waals surface area contributed by atoms with Crippen LogP contribution in [0.15, 0.2) is 18.2 Å². The van der Waals surface area contributed by atoms with Gasteiger partial charge < -0.3 is 18.9 Å². The van der Waals surface area contributed by atoms with E-state index < -0.39 is 12.1 Å². The minimum atomic E-state index is -0.625. The highest BCUT2D eigenvalue weighted by Gasteiger charge is 2.34. The van der Waals surface area contributed by atoms with Crippen LogP contribution in [0.2, 0.25) is 0 Å². The fraction of sp³-hybridized carbons (Fsp3) is 0.611. The van der Waals surface area contributed by atoms with Crippen LogP contribution < -0.4 is 0 Å². The number of halogens is 1. The van der Waals surface area contributed by atoms with Gasteiger partial charge in [-0.3, -0.25) is 0 Å². The van der Waals surface area contributed by atoms with Gasteiger partial charge in [0.1, 0.15) is 11.9 Å². The molecule has 2 heterocycles. The summed E-state index contributed by atoms with van der Waals surface area (Å²) in [5.41, 5.74) is 0.580. The minimum Gasteiger partial charge on any atom is -0.352 e. The molecule has 5 nitrogen and oxygen atoms in total. The molecule has 1 aromatic rings. The van der Waals surface area contributed by atoms with E-state index in [1.165, 1.54) is 12.1 Å². The predicted octanol–water partition coefficient (Wildman–Crippen LogP) is 3.15. The van der Waals surface area contributed by atoms with E-state index in [4.69, 9.17) is 24.2 Å². The molecule has 0 atom stereocenters. The Morgan fingerprint density at radius 2 is 1.83 bits per heavy atom. The van der Waals surface area contributed by atoms with Crippen molar-refractivity contribution in [3.05, 3.63) is 35.1 Å². The monoisotopic (exact) mass is 335 g/mol. The molecule has 0 unspecified atom stereocenters. The van der Waals surface area contributed by atoms with Crippen LogP contribution in [0.5, 0.6) is 0 Å². The summed E-state index contributed by atoms with van der Waals surface area (Å²) >= 11 is 0. The van der Waals surface area contributed by atoms with Gasteiger partial charge in [-0.05, 0) is 18.6 Å². The lowest BCUT2D eigenvalue weighted by atomic mass is 10.0. The molecule has 2 fully saturated rings. The minimum absolute atomic E-state index is 0.00653. The van der Waals surface area contributed by atoms with Crippen molar-refractivity contribution in [3.63, 3.8) is 0 Å². The lowest BCUT2D eigenvalue weighted by Gasteiger charge is -2.37. The van der Waals surface area contributed by atoms with Crippen molar-refractivity contribution in [2.24, 2.45) is 11.8 Å². The number of hydrogen-bond acceptors (Lipinski definition) is 5. The molecule has 0 aromatic heterocycles. The molecule has 2 saturated heterocycles. The Bertz CT molecular complexity index is 587. The molecule has 6 heteroatoms. The average molecular weight is 335 g/mol. The zero-order valence-corrected chi connectivity index (χ0v) is 13.7. The number of hydrogen-bond donors (Lipinski definition) is 0. The van der Waals surface area contributed by atoms with Crippen molar-refractivity contribution in [2.45, 2.75) is 32.3 Å². The van der Waals surface area contributed by atoms with Crippen molar-refractivity contribution in [1.29, 1.82) is 5.26 Å². The summed E-state index contributed by atoms with van der Waals surface area (Å²) in [5, 5.41) is 8.77. The Morgan fingerprint density at radius 3 is 2.42 bits per heavy atom. The van der Waals surface area contributed by atoms with Crippen LogP contribution in [0.4, 0.5) is 4.39 Å². The van der Waals surface area contributed by atoms with Crippen LogP contribution in [0.25, 0.3) is 0 Å². The molecule has 130 valence electrons. The van der Waals surface area contributed by atoms with Gasteiger partial charge in [0.05, 0.1) is 37.9 Å². The first-order chi connectivity index (χ1) is 11.7. The van der Waals surface area contributed by atoms with Crippen molar-refractivity contribution in [3.8, 4) is 6.07 Å². The summed E-state index contributed by atoms with van der Waals surface area (Å²) in [7, 11) is 0. The first kappa shape index (κ1) is 17.3. The molecule has 0 spiro atoms. The van der Waals surface area contributed by atoms with E-state index in [1.54, 1.807) is 12.1 Å². The molecular weight excluding hydrogens is 313 g/mol. The summed E-state index contributed by atoms with van der Waals surface area (Å²) in [6.07, 6.45) is 1.30. The van der Waals surface area contributed by atoms with Gasteiger partial charge in [-0.15, -0.1) is 0 Å². The highest BCUT2D eigenvalue weighted by molar-refractivity contribution is 5.33. The number of benzene rings is 1. The highest BCUT2D eigenvalue weighted by atomic mass is 19.1. The zero-order valence-electron chi connectivity index (χ0n) is 13.7. The number of ether oxygens (including phenoxy) is 4. The van der Waals surface area contributed by atoms with Gasteiger partial charge in [-0.25, -0.2) is 4.39 Å². The van der Waals surface area contributed by atoms with Crippen LogP contribution in [-0.2, 0) is 18.9 Å². The molecule has 24 heavy (non-hydrogen) atoms. The normalized spacial score (nSPS) is 30.7. The Labute approximate surface area is 141 Å². The van der Waals surface area contributed by atoms with Gasteiger partial charge >= 0.3 is 0 Å². The maximum absolute atomic E-state index is 13.7. The summed E-state index contributed by atoms with van der Waals surface area (Å²) in [6, 6.07) is 6.17. The van der Waals surface area contributed by atoms with Gasteiger partial charge in [0.15, 0.2) is 12.6 Å². The van der Waals surface area contributed by atoms with E-state index in [9.17, 15) is 4.39 Å². The fourth-order valence-electron chi connectivity index (χ4n) is 3.04. The quantitative estimate of drug-likeness (QED) is 0.846. The number of nitrogens with zero attached hydrogens (tertiary/aromatic N) is 1. The third-order valence-electron chi connectivity index (χ3n) is 4.38. The Hall–Kier alpha value is -1.52. The second-order valence-electron chi connectivity index (χ2n) is 6.30. The summed E-state index contributed by atoms with van der Waals surface area (Å²) in [4.78, 5) is 0. The zero-order chi connectivity index (χ0) is 16.9. The first-order valence-corrected chi connectivity index (χ1v) is 8.37. The van der Waals surface area contributed by atoms with E-state index in [0.29, 0.717) is 37.9 Å². The van der Waals surface area contributed by atoms with Crippen LogP contribution in [-0.4, -0.2) is 32.7 Å². The van der Waals surface area contributed by atoms with Gasteiger partial charge in [0.2, 0.25) is 0 Å². The van der Waals surface area contributed by atoms with Gasteiger partial charge in [-0.2, -0.15) is 5.26 Å². The van der Waals surface area contributed by atoms with Crippen molar-refractivity contribution >= 4 is 0 Å². The molecule has 0 radical (unpaired) electrons. The molecule has 2 aliphatic heterocycles. The maximum atomic E-state index is 13.7. The predicted molar refractivity (Wildman–Crippen MR) is 83.3 cm³/mol. The standard InChI is InChI=1S/C18H22FNO4/c1-2-3-12-8-21-18(22-9-12)15-10-23-17(24-11-15)13-4-5-14(7-20)16(19)6-13/h4-6,12,15,17-18H,2-3,8-11H2,1H3. The van der Waals surface area contributed by atoms with Gasteiger partial charge in [0.25, 0.3) is 0 Å². The molecule has 3 rings (SSSR count). The highest BCUT2D eigenvalue weighted by Crippen LogP contribution is 2.30. The third-order valence-corrected chi connectivity index (χ3v) is 4.38. The Kier molecular flexibility index (Phi) is 5.80. The Balaban J connectivity index is 1.51. The molecule has 2 aliphatic rings. The second kappa shape index (κ2) is 8.04. The summed E-state index contributed by atoms with van der Waals surface area (Å²) in [5.74, 6) is -0.0941. The maximum Gasteiger partial charge on any atom is 0.183 e. The lowest BCUT2D eigenvalue weighted by Crippen LogP contribution is -2.43. The molecular formula is C18H22FNO4. The van der Waals surface area contributed by atoms with E-state index in [1.807, 2.05) is 0 Å². The second-order valence-corrected chi connectivity index (χ2v) is 6.30. The van der Waals surface area contributed by atoms with E-state index in [2.05, 4.69) is 6.92 Å². The number of nitriles is 1. The van der Waals surface area contributed by atoms with Crippen LogP contribution >= 0.6 is 0 Å².